The van der Waals surface area contributed by atoms with Crippen LogP contribution in [0.25, 0.3) is 0 Å². The molecule has 0 saturated heterocycles. The monoisotopic (exact) mass is 204 g/mol. The Balaban J connectivity index is 2.09. The summed E-state index contributed by atoms with van der Waals surface area (Å²) in [6.07, 6.45) is 1.96. The van der Waals surface area contributed by atoms with Gasteiger partial charge in [-0.15, -0.1) is 0 Å². The standard InChI is InChI=1S/C13H16O2/c1-9(14)10-7-11(8-10)12-5-3-4-6-13(12)15-2/h3-6,10-11H,7-8H2,1-2H3. The zero-order valence-corrected chi connectivity index (χ0v) is 9.19. The van der Waals surface area contributed by atoms with Gasteiger partial charge in [0.2, 0.25) is 0 Å². The van der Waals surface area contributed by atoms with E-state index in [1.165, 1.54) is 5.56 Å². The molecular weight excluding hydrogens is 188 g/mol. The number of hydrogen-bond acceptors (Lipinski definition) is 2. The van der Waals surface area contributed by atoms with Crippen molar-refractivity contribution in [3.63, 3.8) is 0 Å². The molecule has 2 nitrogen and oxygen atoms in total. The quantitative estimate of drug-likeness (QED) is 0.756. The summed E-state index contributed by atoms with van der Waals surface area (Å²) in [7, 11) is 1.69. The Morgan fingerprint density at radius 1 is 1.33 bits per heavy atom. The normalized spacial score (nSPS) is 24.4. The molecule has 0 spiro atoms. The first-order valence-electron chi connectivity index (χ1n) is 5.35. The van der Waals surface area contributed by atoms with Gasteiger partial charge in [-0.3, -0.25) is 4.79 Å². The molecule has 0 bridgehead atoms. The van der Waals surface area contributed by atoms with Crippen LogP contribution in [0.1, 0.15) is 31.2 Å². The third-order valence-electron chi connectivity index (χ3n) is 3.29. The first kappa shape index (κ1) is 10.2. The minimum Gasteiger partial charge on any atom is -0.496 e. The van der Waals surface area contributed by atoms with Gasteiger partial charge in [0.15, 0.2) is 0 Å². The van der Waals surface area contributed by atoms with Crippen LogP contribution >= 0.6 is 0 Å². The van der Waals surface area contributed by atoms with Crippen molar-refractivity contribution in [3.05, 3.63) is 29.8 Å². The fraction of sp³-hybridized carbons (Fsp3) is 0.462. The number of carbonyl (C=O) groups is 1. The van der Waals surface area contributed by atoms with Crippen molar-refractivity contribution in [3.8, 4) is 5.75 Å². The summed E-state index contributed by atoms with van der Waals surface area (Å²) in [5.74, 6) is 2.06. The molecule has 0 heterocycles. The Hall–Kier alpha value is -1.31. The summed E-state index contributed by atoms with van der Waals surface area (Å²) < 4.78 is 5.31. The lowest BCUT2D eigenvalue weighted by atomic mass is 9.70. The first-order valence-corrected chi connectivity index (χ1v) is 5.35. The van der Waals surface area contributed by atoms with E-state index in [0.717, 1.165) is 18.6 Å². The number of methoxy groups -OCH3 is 1. The summed E-state index contributed by atoms with van der Waals surface area (Å²) in [4.78, 5) is 11.1. The first-order chi connectivity index (χ1) is 7.22. The number of carbonyl (C=O) groups excluding carboxylic acids is 1. The van der Waals surface area contributed by atoms with Gasteiger partial charge in [-0.1, -0.05) is 18.2 Å². The van der Waals surface area contributed by atoms with Gasteiger partial charge in [-0.25, -0.2) is 0 Å². The molecule has 1 aromatic rings. The summed E-state index contributed by atoms with van der Waals surface area (Å²) in [6.45, 7) is 1.68. The fourth-order valence-corrected chi connectivity index (χ4v) is 2.21. The second kappa shape index (κ2) is 4.05. The number of para-hydroxylation sites is 1. The molecule has 15 heavy (non-hydrogen) atoms. The molecule has 80 valence electrons. The lowest BCUT2D eigenvalue weighted by molar-refractivity contribution is -0.123. The highest BCUT2D eigenvalue weighted by Gasteiger charge is 2.34. The van der Waals surface area contributed by atoms with E-state index >= 15 is 0 Å². The Morgan fingerprint density at radius 2 is 2.00 bits per heavy atom. The molecule has 1 fully saturated rings. The number of ether oxygens (including phenoxy) is 1. The number of Topliss-reactive ketones (excluding diaryl/α,β-unsaturated/α-hetero) is 1. The summed E-state index contributed by atoms with van der Waals surface area (Å²) in [5.41, 5.74) is 1.25. The average molecular weight is 204 g/mol. The van der Waals surface area contributed by atoms with E-state index in [0.29, 0.717) is 11.7 Å². The van der Waals surface area contributed by atoms with Gasteiger partial charge in [0.05, 0.1) is 7.11 Å². The van der Waals surface area contributed by atoms with Crippen molar-refractivity contribution in [2.75, 3.05) is 7.11 Å². The molecule has 1 aromatic carbocycles. The minimum absolute atomic E-state index is 0.278. The molecule has 2 heteroatoms. The van der Waals surface area contributed by atoms with Gasteiger partial charge in [-0.2, -0.15) is 0 Å². The molecule has 1 aliphatic rings. The molecule has 0 aliphatic heterocycles. The van der Waals surface area contributed by atoms with Crippen molar-refractivity contribution in [2.45, 2.75) is 25.7 Å². The predicted octanol–water partition coefficient (Wildman–Crippen LogP) is 2.78. The van der Waals surface area contributed by atoms with Crippen LogP contribution in [0.2, 0.25) is 0 Å². The predicted molar refractivity (Wildman–Crippen MR) is 59.1 cm³/mol. The van der Waals surface area contributed by atoms with Gasteiger partial charge in [-0.05, 0) is 37.3 Å². The van der Waals surface area contributed by atoms with Crippen LogP contribution in [0.4, 0.5) is 0 Å². The molecule has 0 atom stereocenters. The molecule has 0 N–H and O–H groups in total. The van der Waals surface area contributed by atoms with Crippen LogP contribution < -0.4 is 4.74 Å². The highest BCUT2D eigenvalue weighted by atomic mass is 16.5. The van der Waals surface area contributed by atoms with Crippen LogP contribution in [0.15, 0.2) is 24.3 Å². The van der Waals surface area contributed by atoms with Crippen LogP contribution in [-0.2, 0) is 4.79 Å². The number of benzene rings is 1. The highest BCUT2D eigenvalue weighted by Crippen LogP contribution is 2.44. The van der Waals surface area contributed by atoms with Crippen LogP contribution in [0.5, 0.6) is 5.75 Å². The number of ketones is 1. The largest absolute Gasteiger partial charge is 0.496 e. The maximum atomic E-state index is 11.1. The topological polar surface area (TPSA) is 26.3 Å². The average Bonchev–Trinajstić information content (AvgIpc) is 2.15. The SMILES string of the molecule is COc1ccccc1C1CC(C(C)=O)C1. The van der Waals surface area contributed by atoms with Crippen molar-refractivity contribution in [1.82, 2.24) is 0 Å². The van der Waals surface area contributed by atoms with Crippen molar-refractivity contribution in [1.29, 1.82) is 0 Å². The highest BCUT2D eigenvalue weighted by molar-refractivity contribution is 5.79. The lowest BCUT2D eigenvalue weighted by Gasteiger charge is -2.34. The van der Waals surface area contributed by atoms with E-state index in [1.807, 2.05) is 18.2 Å². The summed E-state index contributed by atoms with van der Waals surface area (Å²) in [5, 5.41) is 0. The Kier molecular flexibility index (Phi) is 2.76. The second-order valence-electron chi connectivity index (χ2n) is 4.22. The fourth-order valence-electron chi connectivity index (χ4n) is 2.21. The van der Waals surface area contributed by atoms with E-state index in [4.69, 9.17) is 4.74 Å². The zero-order valence-electron chi connectivity index (χ0n) is 9.19. The third kappa shape index (κ3) is 1.89. The number of hydrogen-bond donors (Lipinski definition) is 0. The molecule has 0 radical (unpaired) electrons. The molecule has 1 saturated carbocycles. The van der Waals surface area contributed by atoms with Crippen LogP contribution in [0.3, 0.4) is 0 Å². The molecule has 0 unspecified atom stereocenters. The number of rotatable bonds is 3. The Bertz CT molecular complexity index is 365. The van der Waals surface area contributed by atoms with Gasteiger partial charge < -0.3 is 4.74 Å². The molecule has 0 aromatic heterocycles. The second-order valence-corrected chi connectivity index (χ2v) is 4.22. The zero-order chi connectivity index (χ0) is 10.8. The van der Waals surface area contributed by atoms with Crippen LogP contribution in [0, 0.1) is 5.92 Å². The smallest absolute Gasteiger partial charge is 0.132 e. The van der Waals surface area contributed by atoms with Gasteiger partial charge in [0, 0.05) is 5.92 Å². The summed E-state index contributed by atoms with van der Waals surface area (Å²) >= 11 is 0. The Labute approximate surface area is 90.3 Å². The minimum atomic E-state index is 0.278. The van der Waals surface area contributed by atoms with Crippen LogP contribution in [-0.4, -0.2) is 12.9 Å². The van der Waals surface area contributed by atoms with Gasteiger partial charge in [0.25, 0.3) is 0 Å². The van der Waals surface area contributed by atoms with E-state index < -0.39 is 0 Å². The van der Waals surface area contributed by atoms with E-state index in [1.54, 1.807) is 14.0 Å². The molecule has 0 amide bonds. The van der Waals surface area contributed by atoms with Gasteiger partial charge >= 0.3 is 0 Å². The lowest BCUT2D eigenvalue weighted by Crippen LogP contribution is -2.27. The van der Waals surface area contributed by atoms with E-state index in [-0.39, 0.29) is 5.92 Å². The molecule has 2 rings (SSSR count). The third-order valence-corrected chi connectivity index (χ3v) is 3.29. The Morgan fingerprint density at radius 3 is 2.60 bits per heavy atom. The summed E-state index contributed by atoms with van der Waals surface area (Å²) in [6, 6.07) is 8.08. The van der Waals surface area contributed by atoms with E-state index in [9.17, 15) is 4.79 Å². The maximum absolute atomic E-state index is 11.1. The van der Waals surface area contributed by atoms with Gasteiger partial charge in [0.1, 0.15) is 11.5 Å². The van der Waals surface area contributed by atoms with Crippen molar-refractivity contribution < 1.29 is 9.53 Å². The molecule has 1 aliphatic carbocycles. The van der Waals surface area contributed by atoms with Crippen molar-refractivity contribution in [2.24, 2.45) is 5.92 Å². The van der Waals surface area contributed by atoms with E-state index in [2.05, 4.69) is 6.07 Å². The molecular formula is C13H16O2. The van der Waals surface area contributed by atoms with Crippen molar-refractivity contribution >= 4 is 5.78 Å². The maximum Gasteiger partial charge on any atom is 0.132 e.